The number of nitrogens with two attached hydrogens (primary N) is 1. The third kappa shape index (κ3) is 3.79. The van der Waals surface area contributed by atoms with Crippen molar-refractivity contribution in [3.05, 3.63) is 58.9 Å². The van der Waals surface area contributed by atoms with Gasteiger partial charge in [-0.15, -0.1) is 0 Å². The number of aromatic nitrogens is 1. The van der Waals surface area contributed by atoms with Gasteiger partial charge in [0.05, 0.1) is 5.02 Å². The molecule has 0 aliphatic heterocycles. The zero-order valence-electron chi connectivity index (χ0n) is 11.5. The maximum Gasteiger partial charge on any atom is 0.242 e. The first kappa shape index (κ1) is 15.9. The predicted octanol–water partition coefficient (Wildman–Crippen LogP) is 2.23. The van der Waals surface area contributed by atoms with E-state index in [0.29, 0.717) is 6.54 Å². The fourth-order valence-corrected chi connectivity index (χ4v) is 3.70. The van der Waals surface area contributed by atoms with Crippen molar-refractivity contribution in [3.8, 4) is 0 Å². The molecule has 0 spiro atoms. The van der Waals surface area contributed by atoms with Gasteiger partial charge in [-0.2, -0.15) is 0 Å². The predicted molar refractivity (Wildman–Crippen MR) is 82.3 cm³/mol. The highest BCUT2D eigenvalue weighted by Gasteiger charge is 2.21. The maximum atomic E-state index is 12.4. The topological polar surface area (TPSA) is 85.1 Å². The molecular weight excluding hydrogens is 310 g/mol. The van der Waals surface area contributed by atoms with Gasteiger partial charge in [-0.1, -0.05) is 17.7 Å². The van der Waals surface area contributed by atoms with Gasteiger partial charge >= 0.3 is 0 Å². The van der Waals surface area contributed by atoms with E-state index in [4.69, 9.17) is 17.3 Å². The van der Waals surface area contributed by atoms with Crippen molar-refractivity contribution >= 4 is 21.6 Å². The fraction of sp³-hybridized carbons (Fsp3) is 0.214. The standard InChI is InChI=1S/C14H16ClN3O2S/c1-10(12-4-6-17-7-5-12)18-21(19,20)14-3-2-11(9-16)8-13(14)15/h2-8,10,18H,9,16H2,1H3. The Hall–Kier alpha value is -1.47. The van der Waals surface area contributed by atoms with Crippen molar-refractivity contribution in [2.24, 2.45) is 5.73 Å². The Bertz CT molecular complexity index is 720. The monoisotopic (exact) mass is 325 g/mol. The van der Waals surface area contributed by atoms with Gasteiger partial charge in [0.15, 0.2) is 0 Å². The molecule has 1 unspecified atom stereocenters. The highest BCUT2D eigenvalue weighted by molar-refractivity contribution is 7.89. The average Bonchev–Trinajstić information content (AvgIpc) is 2.47. The first-order valence-corrected chi connectivity index (χ1v) is 8.21. The molecule has 0 radical (unpaired) electrons. The lowest BCUT2D eigenvalue weighted by atomic mass is 10.1. The minimum absolute atomic E-state index is 0.0438. The summed E-state index contributed by atoms with van der Waals surface area (Å²) < 4.78 is 27.4. The van der Waals surface area contributed by atoms with Crippen LogP contribution in [0.3, 0.4) is 0 Å². The van der Waals surface area contributed by atoms with Crippen LogP contribution in [-0.4, -0.2) is 13.4 Å². The molecule has 0 saturated carbocycles. The van der Waals surface area contributed by atoms with Gasteiger partial charge in [0.25, 0.3) is 0 Å². The Balaban J connectivity index is 2.26. The second-order valence-corrected chi connectivity index (χ2v) is 6.68. The lowest BCUT2D eigenvalue weighted by Gasteiger charge is -2.15. The largest absolute Gasteiger partial charge is 0.326 e. The zero-order valence-corrected chi connectivity index (χ0v) is 13.0. The molecule has 0 amide bonds. The van der Waals surface area contributed by atoms with Gasteiger partial charge in [-0.25, -0.2) is 13.1 Å². The number of nitrogens with one attached hydrogen (secondary N) is 1. The van der Waals surface area contributed by atoms with E-state index in [0.717, 1.165) is 11.1 Å². The van der Waals surface area contributed by atoms with E-state index < -0.39 is 10.0 Å². The van der Waals surface area contributed by atoms with Gasteiger partial charge in [0.1, 0.15) is 4.90 Å². The number of hydrogen-bond donors (Lipinski definition) is 2. The Morgan fingerprint density at radius 2 is 1.95 bits per heavy atom. The molecule has 1 atom stereocenters. The second kappa shape index (κ2) is 6.53. The number of halogens is 1. The van der Waals surface area contributed by atoms with E-state index in [2.05, 4.69) is 9.71 Å². The van der Waals surface area contributed by atoms with E-state index in [1.807, 2.05) is 0 Å². The van der Waals surface area contributed by atoms with Gasteiger partial charge < -0.3 is 5.73 Å². The molecule has 2 rings (SSSR count). The Kier molecular flexibility index (Phi) is 4.95. The summed E-state index contributed by atoms with van der Waals surface area (Å²) in [6.07, 6.45) is 3.23. The maximum absolute atomic E-state index is 12.4. The molecule has 0 aliphatic carbocycles. The number of hydrogen-bond acceptors (Lipinski definition) is 4. The van der Waals surface area contributed by atoms with Crippen LogP contribution >= 0.6 is 11.6 Å². The van der Waals surface area contributed by atoms with Crippen LogP contribution < -0.4 is 10.5 Å². The summed E-state index contributed by atoms with van der Waals surface area (Å²) in [4.78, 5) is 3.95. The third-order valence-electron chi connectivity index (χ3n) is 3.06. The molecule has 1 aromatic carbocycles. The van der Waals surface area contributed by atoms with Crippen LogP contribution in [-0.2, 0) is 16.6 Å². The summed E-state index contributed by atoms with van der Waals surface area (Å²) in [6.45, 7) is 2.07. The third-order valence-corrected chi connectivity index (χ3v) is 5.08. The number of rotatable bonds is 5. The summed E-state index contributed by atoms with van der Waals surface area (Å²) in [7, 11) is -3.71. The van der Waals surface area contributed by atoms with Crippen molar-refractivity contribution < 1.29 is 8.42 Å². The van der Waals surface area contributed by atoms with Gasteiger partial charge in [0, 0.05) is 25.0 Å². The van der Waals surface area contributed by atoms with Crippen LogP contribution in [0.2, 0.25) is 5.02 Å². The summed E-state index contributed by atoms with van der Waals surface area (Å²) in [6, 6.07) is 7.80. The van der Waals surface area contributed by atoms with Crippen LogP contribution in [0.5, 0.6) is 0 Å². The first-order chi connectivity index (χ1) is 9.94. The highest BCUT2D eigenvalue weighted by atomic mass is 35.5. The Morgan fingerprint density at radius 1 is 1.29 bits per heavy atom. The minimum Gasteiger partial charge on any atom is -0.326 e. The van der Waals surface area contributed by atoms with Gasteiger partial charge in [-0.3, -0.25) is 4.98 Å². The van der Waals surface area contributed by atoms with E-state index in [-0.39, 0.29) is 16.0 Å². The van der Waals surface area contributed by atoms with Gasteiger partial charge in [-0.05, 0) is 42.3 Å². The number of sulfonamides is 1. The van der Waals surface area contributed by atoms with Crippen molar-refractivity contribution in [2.45, 2.75) is 24.4 Å². The fourth-order valence-electron chi connectivity index (χ4n) is 1.91. The SMILES string of the molecule is CC(NS(=O)(=O)c1ccc(CN)cc1Cl)c1ccncc1. The Morgan fingerprint density at radius 3 is 2.52 bits per heavy atom. The summed E-state index contributed by atoms with van der Waals surface area (Å²) in [5.74, 6) is 0. The molecule has 0 saturated heterocycles. The van der Waals surface area contributed by atoms with Crippen LogP contribution in [0.4, 0.5) is 0 Å². The average molecular weight is 326 g/mol. The molecule has 0 bridgehead atoms. The van der Waals surface area contributed by atoms with E-state index in [9.17, 15) is 8.42 Å². The van der Waals surface area contributed by atoms with Crippen molar-refractivity contribution in [1.29, 1.82) is 0 Å². The van der Waals surface area contributed by atoms with Crippen LogP contribution in [0.1, 0.15) is 24.1 Å². The molecule has 0 aliphatic rings. The minimum atomic E-state index is -3.71. The number of benzene rings is 1. The molecule has 1 aromatic heterocycles. The quantitative estimate of drug-likeness (QED) is 0.882. The molecule has 2 aromatic rings. The summed E-state index contributed by atoms with van der Waals surface area (Å²) in [5.41, 5.74) is 7.11. The lowest BCUT2D eigenvalue weighted by Crippen LogP contribution is -2.27. The second-order valence-electron chi connectivity index (χ2n) is 4.59. The lowest BCUT2D eigenvalue weighted by molar-refractivity contribution is 0.567. The number of nitrogens with zero attached hydrogens (tertiary/aromatic N) is 1. The van der Waals surface area contributed by atoms with Gasteiger partial charge in [0.2, 0.25) is 10.0 Å². The number of pyridine rings is 1. The summed E-state index contributed by atoms with van der Waals surface area (Å²) >= 11 is 6.04. The molecule has 7 heteroatoms. The normalized spacial score (nSPS) is 13.1. The molecule has 5 nitrogen and oxygen atoms in total. The van der Waals surface area contributed by atoms with E-state index in [1.54, 1.807) is 43.6 Å². The molecule has 3 N–H and O–H groups in total. The Labute approximate surface area is 129 Å². The van der Waals surface area contributed by atoms with Crippen molar-refractivity contribution in [3.63, 3.8) is 0 Å². The molecule has 21 heavy (non-hydrogen) atoms. The first-order valence-electron chi connectivity index (χ1n) is 6.35. The molecular formula is C14H16ClN3O2S. The van der Waals surface area contributed by atoms with Crippen LogP contribution in [0.25, 0.3) is 0 Å². The van der Waals surface area contributed by atoms with Crippen molar-refractivity contribution in [2.75, 3.05) is 0 Å². The summed E-state index contributed by atoms with van der Waals surface area (Å²) in [5, 5.41) is 0.160. The van der Waals surface area contributed by atoms with E-state index >= 15 is 0 Å². The molecule has 0 fully saturated rings. The highest BCUT2D eigenvalue weighted by Crippen LogP contribution is 2.24. The molecule has 1 heterocycles. The zero-order chi connectivity index (χ0) is 15.5. The van der Waals surface area contributed by atoms with Crippen molar-refractivity contribution in [1.82, 2.24) is 9.71 Å². The van der Waals surface area contributed by atoms with Crippen LogP contribution in [0, 0.1) is 0 Å². The smallest absolute Gasteiger partial charge is 0.242 e. The van der Waals surface area contributed by atoms with E-state index in [1.165, 1.54) is 6.07 Å². The molecule has 112 valence electrons. The van der Waals surface area contributed by atoms with Crippen LogP contribution in [0.15, 0.2) is 47.6 Å².